The van der Waals surface area contributed by atoms with Crippen molar-refractivity contribution in [2.24, 2.45) is 17.8 Å². The van der Waals surface area contributed by atoms with Gasteiger partial charge in [-0.3, -0.25) is 14.4 Å². The summed E-state index contributed by atoms with van der Waals surface area (Å²) in [6, 6.07) is 6.61. The molecule has 1 amide bonds. The van der Waals surface area contributed by atoms with Crippen LogP contribution in [0.3, 0.4) is 0 Å². The first-order valence-corrected chi connectivity index (χ1v) is 21.8. The number of aliphatic hydroxyl groups excluding tert-OH is 2. The Morgan fingerprint density at radius 2 is 1.75 bits per heavy atom. The lowest BCUT2D eigenvalue weighted by molar-refractivity contribution is -0.301. The smallest absolute Gasteiger partial charge is 0.410 e. The van der Waals surface area contributed by atoms with Crippen molar-refractivity contribution in [2.75, 3.05) is 47.1 Å². The van der Waals surface area contributed by atoms with Crippen molar-refractivity contribution in [3.8, 4) is 11.3 Å². The van der Waals surface area contributed by atoms with Gasteiger partial charge in [0.1, 0.15) is 17.9 Å². The van der Waals surface area contributed by atoms with E-state index in [0.717, 1.165) is 17.7 Å². The van der Waals surface area contributed by atoms with E-state index in [0.29, 0.717) is 51.0 Å². The van der Waals surface area contributed by atoms with E-state index in [9.17, 15) is 19.8 Å². The highest BCUT2D eigenvalue weighted by atomic mass is 16.7. The second-order valence-corrected chi connectivity index (χ2v) is 18.5. The van der Waals surface area contributed by atoms with E-state index in [1.54, 1.807) is 23.6 Å². The molecule has 3 saturated heterocycles. The van der Waals surface area contributed by atoms with Crippen LogP contribution in [0.4, 0.5) is 10.5 Å². The number of nitrogens with two attached hydrogens (primary N) is 1. The predicted molar refractivity (Wildman–Crippen MR) is 228 cm³/mol. The number of aromatic nitrogens is 3. The second kappa shape index (κ2) is 19.8. The third-order valence-corrected chi connectivity index (χ3v) is 13.5. The number of aliphatic hydroxyl groups is 2. The third kappa shape index (κ3) is 10.3. The molecule has 338 valence electrons. The van der Waals surface area contributed by atoms with E-state index >= 15 is 0 Å². The molecular formula is C44H73N7O9. The first-order valence-electron chi connectivity index (χ1n) is 21.8. The van der Waals surface area contributed by atoms with Crippen LogP contribution >= 0.6 is 0 Å². The minimum absolute atomic E-state index is 0.0310. The van der Waals surface area contributed by atoms with Crippen LogP contribution in [-0.4, -0.2) is 159 Å². The van der Waals surface area contributed by atoms with Gasteiger partial charge < -0.3 is 49.4 Å². The number of hydrogen-bond donors (Lipinski definition) is 3. The topological polar surface area (TPSA) is 187 Å². The summed E-state index contributed by atoms with van der Waals surface area (Å²) in [4.78, 5) is 34.1. The molecule has 3 aliphatic heterocycles. The maximum Gasteiger partial charge on any atom is 0.410 e. The number of carbonyl (C=O) groups excluding carboxylic acids is 2. The maximum absolute atomic E-state index is 14.2. The van der Waals surface area contributed by atoms with Gasteiger partial charge in [0.05, 0.1) is 42.1 Å². The molecule has 0 saturated carbocycles. The van der Waals surface area contributed by atoms with Crippen molar-refractivity contribution >= 4 is 17.7 Å². The summed E-state index contributed by atoms with van der Waals surface area (Å²) in [6.45, 7) is 17.0. The Morgan fingerprint density at radius 1 is 1.05 bits per heavy atom. The van der Waals surface area contributed by atoms with E-state index in [4.69, 9.17) is 29.4 Å². The van der Waals surface area contributed by atoms with E-state index < -0.39 is 71.8 Å². The van der Waals surface area contributed by atoms with Crippen LogP contribution in [0.1, 0.15) is 87.5 Å². The number of nitrogens with zero attached hydrogens (tertiary/aromatic N) is 6. The molecule has 16 heteroatoms. The molecule has 16 nitrogen and oxygen atoms in total. The Kier molecular flexibility index (Phi) is 15.7. The largest absolute Gasteiger partial charge is 0.458 e. The first-order chi connectivity index (χ1) is 28.2. The van der Waals surface area contributed by atoms with Crippen molar-refractivity contribution in [1.82, 2.24) is 29.7 Å². The van der Waals surface area contributed by atoms with Gasteiger partial charge in [0, 0.05) is 56.0 Å². The fraction of sp³-hybridized carbons (Fsp3) is 0.773. The van der Waals surface area contributed by atoms with Crippen molar-refractivity contribution in [3.05, 3.63) is 30.5 Å². The quantitative estimate of drug-likeness (QED) is 0.164. The van der Waals surface area contributed by atoms with Crippen molar-refractivity contribution in [2.45, 2.75) is 160 Å². The van der Waals surface area contributed by atoms with E-state index in [-0.39, 0.29) is 24.1 Å². The van der Waals surface area contributed by atoms with E-state index in [1.807, 2.05) is 91.1 Å². The van der Waals surface area contributed by atoms with Gasteiger partial charge >= 0.3 is 12.1 Å². The third-order valence-electron chi connectivity index (χ3n) is 13.5. The minimum Gasteiger partial charge on any atom is -0.458 e. The van der Waals surface area contributed by atoms with Crippen LogP contribution in [-0.2, 0) is 35.0 Å². The van der Waals surface area contributed by atoms with Crippen molar-refractivity contribution < 1.29 is 43.5 Å². The highest BCUT2D eigenvalue weighted by Gasteiger charge is 2.59. The van der Waals surface area contributed by atoms with Crippen LogP contribution in [0.25, 0.3) is 11.3 Å². The molecule has 1 aromatic heterocycles. The summed E-state index contributed by atoms with van der Waals surface area (Å²) in [5, 5.41) is 32.2. The highest BCUT2D eigenvalue weighted by molar-refractivity contribution is 5.74. The number of fused-ring (bicyclic) bond motifs is 1. The van der Waals surface area contributed by atoms with Crippen molar-refractivity contribution in [3.63, 3.8) is 0 Å². The Labute approximate surface area is 357 Å². The predicted octanol–water partition coefficient (Wildman–Crippen LogP) is 4.42. The zero-order chi connectivity index (χ0) is 44.3. The highest BCUT2D eigenvalue weighted by Crippen LogP contribution is 2.42. The average Bonchev–Trinajstić information content (AvgIpc) is 3.78. The summed E-state index contributed by atoms with van der Waals surface area (Å²) >= 11 is 0. The molecule has 60 heavy (non-hydrogen) atoms. The standard InChI is InChI=1S/C44H73N7O9/c1-13-35-44(8)38(51(42(55)60-44)20-15-14-19-50-25-33(46-47-50)31-17-16-18-32(45)22-31)30(6)49(11)24-26(2)23-43(7,56-12)39(28(4)36(52)29(5)40(54)58-35)59-41-37(53)34(48(9)10)21-27(3)57-41/h16-18,22,25-30,34-39,41,52-53H,13-15,19-21,23-24,45H2,1-12H3/t26-,27?,28+,29-,30-,34?,35-,36?,37?,38-,39-,41+,43-,44-/m1/s1. The van der Waals surface area contributed by atoms with Gasteiger partial charge in [-0.1, -0.05) is 38.1 Å². The zero-order valence-corrected chi connectivity index (χ0v) is 38.0. The summed E-state index contributed by atoms with van der Waals surface area (Å²) in [6.07, 6.45) is -0.626. The van der Waals surface area contributed by atoms with Crippen LogP contribution in [0.15, 0.2) is 30.5 Å². The molecule has 5 rings (SSSR count). The number of cyclic esters (lactones) is 1. The van der Waals surface area contributed by atoms with Crippen LogP contribution < -0.4 is 5.73 Å². The number of methoxy groups -OCH3 is 1. The number of unbranched alkanes of at least 4 members (excludes halogenated alkanes) is 1. The number of aryl methyl sites for hydroxylation is 1. The molecular weight excluding hydrogens is 771 g/mol. The Hall–Kier alpha value is -3.38. The van der Waals surface area contributed by atoms with Gasteiger partial charge in [0.25, 0.3) is 0 Å². The molecule has 0 bridgehead atoms. The number of anilines is 1. The summed E-state index contributed by atoms with van der Waals surface area (Å²) in [5.74, 6) is -2.23. The van der Waals surface area contributed by atoms with Crippen LogP contribution in [0, 0.1) is 17.8 Å². The van der Waals surface area contributed by atoms with Crippen LogP contribution in [0.2, 0.25) is 0 Å². The van der Waals surface area contributed by atoms with E-state index in [1.165, 1.54) is 0 Å². The van der Waals surface area contributed by atoms with Gasteiger partial charge in [-0.05, 0) is 106 Å². The molecule has 3 fully saturated rings. The minimum atomic E-state index is -1.22. The lowest BCUT2D eigenvalue weighted by Gasteiger charge is -2.48. The summed E-state index contributed by atoms with van der Waals surface area (Å²) in [7, 11) is 7.51. The number of amides is 1. The second-order valence-electron chi connectivity index (χ2n) is 18.5. The number of carbonyl (C=O) groups is 2. The molecule has 4 N–H and O–H groups in total. The van der Waals surface area contributed by atoms with Gasteiger partial charge in [-0.25, -0.2) is 4.79 Å². The Balaban J connectivity index is 1.40. The van der Waals surface area contributed by atoms with Gasteiger partial charge in [0.2, 0.25) is 0 Å². The summed E-state index contributed by atoms with van der Waals surface area (Å²) < 4.78 is 33.7. The molecule has 0 radical (unpaired) electrons. The fourth-order valence-electron chi connectivity index (χ4n) is 9.97. The van der Waals surface area contributed by atoms with Crippen molar-refractivity contribution in [1.29, 1.82) is 0 Å². The number of rotatable bonds is 11. The fourth-order valence-corrected chi connectivity index (χ4v) is 9.97. The number of nitrogen functional groups attached to an aromatic ring is 1. The maximum atomic E-state index is 14.2. The molecule has 1 aromatic carbocycles. The molecule has 3 aliphatic rings. The summed E-state index contributed by atoms with van der Waals surface area (Å²) in [5.41, 5.74) is 6.07. The Bertz CT molecular complexity index is 1730. The molecule has 0 spiro atoms. The number of ether oxygens (including phenoxy) is 5. The van der Waals surface area contributed by atoms with Gasteiger partial charge in [-0.15, -0.1) is 5.10 Å². The Morgan fingerprint density at radius 3 is 2.40 bits per heavy atom. The monoisotopic (exact) mass is 844 g/mol. The van der Waals surface area contributed by atoms with E-state index in [2.05, 4.69) is 29.1 Å². The molecule has 4 unspecified atom stereocenters. The van der Waals surface area contributed by atoms with Gasteiger partial charge in [-0.2, -0.15) is 0 Å². The number of hydrogen-bond acceptors (Lipinski definition) is 14. The SMILES string of the molecule is CC[C@H]1OC(=O)[C@H](C)C(O)[C@H](C)[C@@H](O[C@@H]2OC(C)CC(N(C)C)C2O)[C@](C)(OC)C[C@@H](C)CN(C)[C@H](C)[C@H]2N(CCCCn3cc(-c4cccc(N)c4)nn3)C(=O)O[C@]12C. The van der Waals surface area contributed by atoms with Crippen LogP contribution in [0.5, 0.6) is 0 Å². The first kappa shape index (κ1) is 47.7. The lowest BCUT2D eigenvalue weighted by atomic mass is 9.77. The number of likely N-dealkylation sites (N-methyl/N-ethyl adjacent to an activating group) is 2. The van der Waals surface area contributed by atoms with Gasteiger partial charge in [0.15, 0.2) is 11.9 Å². The molecule has 4 heterocycles. The molecule has 14 atom stereocenters. The zero-order valence-electron chi connectivity index (χ0n) is 38.0. The normalized spacial score (nSPS) is 37.6. The average molecular weight is 844 g/mol. The number of benzene rings is 1. The molecule has 2 aromatic rings. The number of esters is 1. The lowest BCUT2D eigenvalue weighted by Crippen LogP contribution is -2.61. The molecule has 0 aliphatic carbocycles.